The summed E-state index contributed by atoms with van der Waals surface area (Å²) in [4.78, 5) is 22.5. The second-order valence-corrected chi connectivity index (χ2v) is 3.86. The molecule has 0 aliphatic rings. The number of carbonyl (C=O) groups is 2. The van der Waals surface area contributed by atoms with Crippen molar-refractivity contribution in [1.82, 2.24) is 0 Å². The molecule has 1 atom stereocenters. The van der Waals surface area contributed by atoms with Crippen LogP contribution in [0, 0.1) is 0 Å². The van der Waals surface area contributed by atoms with Crippen LogP contribution >= 0.6 is 11.6 Å². The molecule has 5 heteroatoms. The molecule has 0 radical (unpaired) electrons. The predicted molar refractivity (Wildman–Crippen MR) is 59.6 cm³/mol. The zero-order valence-electron chi connectivity index (χ0n) is 8.86. The molecule has 0 aromatic heterocycles. The maximum absolute atomic E-state index is 11.6. The van der Waals surface area contributed by atoms with E-state index >= 15 is 0 Å². The van der Waals surface area contributed by atoms with E-state index in [1.54, 1.807) is 0 Å². The van der Waals surface area contributed by atoms with E-state index in [2.05, 4.69) is 0 Å². The zero-order valence-corrected chi connectivity index (χ0v) is 9.62. The van der Waals surface area contributed by atoms with Crippen LogP contribution in [-0.4, -0.2) is 29.3 Å². The summed E-state index contributed by atoms with van der Waals surface area (Å²) in [6.45, 7) is 1.54. The molecule has 1 unspecified atom stereocenters. The number of carboxylic acids is 1. The third-order valence-corrected chi connectivity index (χ3v) is 2.27. The molecular formula is C11H11ClO4. The van der Waals surface area contributed by atoms with Gasteiger partial charge >= 0.3 is 5.97 Å². The van der Waals surface area contributed by atoms with Crippen molar-refractivity contribution in [1.29, 1.82) is 0 Å². The Morgan fingerprint density at radius 3 is 2.50 bits per heavy atom. The monoisotopic (exact) mass is 242 g/mol. The third-order valence-electron chi connectivity index (χ3n) is 2.08. The summed E-state index contributed by atoms with van der Waals surface area (Å²) in [7, 11) is 1.37. The largest absolute Gasteiger partial charge is 0.496 e. The molecule has 0 aliphatic carbocycles. The Balaban J connectivity index is 3.22. The molecule has 86 valence electrons. The molecule has 1 aromatic rings. The van der Waals surface area contributed by atoms with Crippen molar-refractivity contribution >= 4 is 23.4 Å². The lowest BCUT2D eigenvalue weighted by atomic mass is 10.0. The number of Topliss-reactive ketones (excluding diaryl/α,β-unsaturated/α-hetero) is 1. The summed E-state index contributed by atoms with van der Waals surface area (Å²) in [5.74, 6) is -1.24. The van der Waals surface area contributed by atoms with Crippen LogP contribution in [0.5, 0.6) is 5.75 Å². The first kappa shape index (κ1) is 12.5. The van der Waals surface area contributed by atoms with Crippen LogP contribution in [0.3, 0.4) is 0 Å². The second kappa shape index (κ2) is 4.99. The first-order valence-electron chi connectivity index (χ1n) is 4.57. The van der Waals surface area contributed by atoms with Gasteiger partial charge in [0.05, 0.1) is 12.5 Å². The highest BCUT2D eigenvalue weighted by Crippen LogP contribution is 2.21. The Morgan fingerprint density at radius 1 is 1.44 bits per heavy atom. The van der Waals surface area contributed by atoms with E-state index in [-0.39, 0.29) is 22.7 Å². The standard InChI is InChI=1S/C11H11ClO4/c1-6(12)10(13)7-3-4-9(16-2)8(5-7)11(14)15/h3-6H,1-2H3,(H,14,15). The van der Waals surface area contributed by atoms with Gasteiger partial charge in [-0.25, -0.2) is 4.79 Å². The lowest BCUT2D eigenvalue weighted by Crippen LogP contribution is -2.12. The number of methoxy groups -OCH3 is 1. The fourth-order valence-electron chi connectivity index (χ4n) is 1.26. The molecular weight excluding hydrogens is 232 g/mol. The van der Waals surface area contributed by atoms with Gasteiger partial charge in [-0.2, -0.15) is 0 Å². The number of aromatic carboxylic acids is 1. The molecule has 16 heavy (non-hydrogen) atoms. The summed E-state index contributed by atoms with van der Waals surface area (Å²) >= 11 is 5.64. The third kappa shape index (κ3) is 2.52. The van der Waals surface area contributed by atoms with Crippen LogP contribution in [0.2, 0.25) is 0 Å². The molecule has 4 nitrogen and oxygen atoms in total. The average Bonchev–Trinajstić information content (AvgIpc) is 2.26. The minimum absolute atomic E-state index is 0.0503. The van der Waals surface area contributed by atoms with E-state index in [1.807, 2.05) is 0 Å². The first-order valence-corrected chi connectivity index (χ1v) is 5.00. The lowest BCUT2D eigenvalue weighted by Gasteiger charge is -2.07. The van der Waals surface area contributed by atoms with Gasteiger partial charge in [-0.05, 0) is 25.1 Å². The Kier molecular flexibility index (Phi) is 3.90. The summed E-state index contributed by atoms with van der Waals surface area (Å²) in [6.07, 6.45) is 0. The first-order chi connectivity index (χ1) is 7.47. The van der Waals surface area contributed by atoms with E-state index in [4.69, 9.17) is 21.4 Å². The van der Waals surface area contributed by atoms with Gasteiger partial charge in [0.15, 0.2) is 5.78 Å². The van der Waals surface area contributed by atoms with Gasteiger partial charge in [-0.3, -0.25) is 4.79 Å². The second-order valence-electron chi connectivity index (χ2n) is 3.20. The topological polar surface area (TPSA) is 63.6 Å². The lowest BCUT2D eigenvalue weighted by molar-refractivity contribution is 0.0693. The molecule has 1 aromatic carbocycles. The fourth-order valence-corrected chi connectivity index (χ4v) is 1.38. The van der Waals surface area contributed by atoms with Gasteiger partial charge < -0.3 is 9.84 Å². The smallest absolute Gasteiger partial charge is 0.339 e. The Hall–Kier alpha value is -1.55. The van der Waals surface area contributed by atoms with Crippen LogP contribution < -0.4 is 4.74 Å². The number of hydrogen-bond donors (Lipinski definition) is 1. The summed E-state index contributed by atoms with van der Waals surface area (Å²) in [6, 6.07) is 4.20. The van der Waals surface area contributed by atoms with Crippen molar-refractivity contribution in [2.24, 2.45) is 0 Å². The molecule has 0 heterocycles. The summed E-state index contributed by atoms with van der Waals surface area (Å²) in [5, 5.41) is 8.23. The highest BCUT2D eigenvalue weighted by atomic mass is 35.5. The van der Waals surface area contributed by atoms with Crippen molar-refractivity contribution < 1.29 is 19.4 Å². The van der Waals surface area contributed by atoms with Crippen molar-refractivity contribution in [3.63, 3.8) is 0 Å². The van der Waals surface area contributed by atoms with Gasteiger partial charge in [-0.15, -0.1) is 11.6 Å². The Bertz CT molecular complexity index is 426. The number of hydrogen-bond acceptors (Lipinski definition) is 3. The number of ether oxygens (including phenoxy) is 1. The Labute approximate surface area is 97.8 Å². The van der Waals surface area contributed by atoms with Crippen LogP contribution in [0.25, 0.3) is 0 Å². The normalized spacial score (nSPS) is 11.9. The molecule has 0 spiro atoms. The zero-order chi connectivity index (χ0) is 12.3. The Morgan fingerprint density at radius 2 is 2.06 bits per heavy atom. The van der Waals surface area contributed by atoms with Gasteiger partial charge in [0.1, 0.15) is 11.3 Å². The van der Waals surface area contributed by atoms with E-state index in [1.165, 1.54) is 32.2 Å². The summed E-state index contributed by atoms with van der Waals surface area (Å²) in [5.41, 5.74) is 0.214. The van der Waals surface area contributed by atoms with E-state index in [0.29, 0.717) is 0 Å². The van der Waals surface area contributed by atoms with Crippen molar-refractivity contribution in [2.75, 3.05) is 7.11 Å². The van der Waals surface area contributed by atoms with Crippen molar-refractivity contribution in [3.05, 3.63) is 29.3 Å². The highest BCUT2D eigenvalue weighted by molar-refractivity contribution is 6.33. The van der Waals surface area contributed by atoms with Crippen LogP contribution in [0.15, 0.2) is 18.2 Å². The fraction of sp³-hybridized carbons (Fsp3) is 0.273. The minimum Gasteiger partial charge on any atom is -0.496 e. The number of ketones is 1. The molecule has 0 saturated heterocycles. The quantitative estimate of drug-likeness (QED) is 0.649. The van der Waals surface area contributed by atoms with Crippen molar-refractivity contribution in [3.8, 4) is 5.75 Å². The van der Waals surface area contributed by atoms with Gasteiger partial charge in [0.2, 0.25) is 0 Å². The molecule has 0 bridgehead atoms. The molecule has 0 fully saturated rings. The highest BCUT2D eigenvalue weighted by Gasteiger charge is 2.17. The number of carboxylic acid groups (broad SMARTS) is 1. The maximum Gasteiger partial charge on any atom is 0.339 e. The maximum atomic E-state index is 11.6. The SMILES string of the molecule is COc1ccc(C(=O)C(C)Cl)cc1C(=O)O. The van der Waals surface area contributed by atoms with E-state index in [9.17, 15) is 9.59 Å². The predicted octanol–water partition coefficient (Wildman–Crippen LogP) is 2.20. The number of alkyl halides is 1. The molecule has 0 saturated carbocycles. The van der Waals surface area contributed by atoms with Crippen LogP contribution in [-0.2, 0) is 0 Å². The van der Waals surface area contributed by atoms with Crippen LogP contribution in [0.4, 0.5) is 0 Å². The van der Waals surface area contributed by atoms with Gasteiger partial charge in [0, 0.05) is 5.56 Å². The molecule has 1 N–H and O–H groups in total. The van der Waals surface area contributed by atoms with Gasteiger partial charge in [-0.1, -0.05) is 0 Å². The number of halogens is 1. The number of carbonyl (C=O) groups excluding carboxylic acids is 1. The molecule has 0 amide bonds. The minimum atomic E-state index is -1.14. The molecule has 1 rings (SSSR count). The van der Waals surface area contributed by atoms with E-state index in [0.717, 1.165) is 0 Å². The van der Waals surface area contributed by atoms with Crippen LogP contribution in [0.1, 0.15) is 27.6 Å². The van der Waals surface area contributed by atoms with Gasteiger partial charge in [0.25, 0.3) is 0 Å². The van der Waals surface area contributed by atoms with E-state index < -0.39 is 11.3 Å². The molecule has 0 aliphatic heterocycles. The van der Waals surface area contributed by atoms with Crippen molar-refractivity contribution in [2.45, 2.75) is 12.3 Å². The number of benzene rings is 1. The number of rotatable bonds is 4. The average molecular weight is 243 g/mol. The summed E-state index contributed by atoms with van der Waals surface area (Å²) < 4.78 is 4.88.